The van der Waals surface area contributed by atoms with E-state index < -0.39 is 5.97 Å². The quantitative estimate of drug-likeness (QED) is 0.541. The van der Waals surface area contributed by atoms with Gasteiger partial charge in [-0.1, -0.05) is 24.6 Å². The number of rotatable bonds is 3. The van der Waals surface area contributed by atoms with Gasteiger partial charge in [0.25, 0.3) is 0 Å². The number of aromatic nitrogens is 3. The number of carbonyl (C=O) groups excluding carboxylic acids is 1. The fraction of sp³-hybridized carbons (Fsp3) is 0.250. The number of hydrogen-bond acceptors (Lipinski definition) is 4. The van der Waals surface area contributed by atoms with Crippen LogP contribution < -0.4 is 4.74 Å². The Balaban J connectivity index is 1.75. The molecule has 0 radical (unpaired) electrons. The first-order valence-corrected chi connectivity index (χ1v) is 8.61. The van der Waals surface area contributed by atoms with Crippen molar-refractivity contribution in [3.05, 3.63) is 71.8 Å². The molecule has 5 heteroatoms. The summed E-state index contributed by atoms with van der Waals surface area (Å²) in [5.41, 5.74) is 3.54. The SMILES string of the molecule is O=C(Oc1cccnc1)c1nn(-c2ccccc2)c2c1CCCCC2. The van der Waals surface area contributed by atoms with Crippen molar-refractivity contribution in [3.8, 4) is 11.4 Å². The molecule has 2 heterocycles. The van der Waals surface area contributed by atoms with Gasteiger partial charge in [0.1, 0.15) is 5.75 Å². The molecule has 0 unspecified atom stereocenters. The number of hydrogen-bond donors (Lipinski definition) is 0. The Hall–Kier alpha value is -2.95. The summed E-state index contributed by atoms with van der Waals surface area (Å²) in [6, 6.07) is 13.4. The number of ether oxygens (including phenoxy) is 1. The van der Waals surface area contributed by atoms with Gasteiger partial charge in [0, 0.05) is 17.5 Å². The van der Waals surface area contributed by atoms with Crippen LogP contribution in [0.2, 0.25) is 0 Å². The van der Waals surface area contributed by atoms with Crippen LogP contribution in [0.4, 0.5) is 0 Å². The van der Waals surface area contributed by atoms with Crippen LogP contribution in [0, 0.1) is 0 Å². The standard InChI is InChI=1S/C20H19N3O2/c24-20(25-16-10-7-13-21-14-16)19-17-11-5-2-6-12-18(17)23(22-19)15-8-3-1-4-9-15/h1,3-4,7-10,13-14H,2,5-6,11-12H2. The zero-order valence-corrected chi connectivity index (χ0v) is 13.9. The van der Waals surface area contributed by atoms with Crippen molar-refractivity contribution in [1.82, 2.24) is 14.8 Å². The van der Waals surface area contributed by atoms with E-state index in [1.54, 1.807) is 18.3 Å². The highest BCUT2D eigenvalue weighted by Crippen LogP contribution is 2.27. The molecule has 25 heavy (non-hydrogen) atoms. The fourth-order valence-corrected chi connectivity index (χ4v) is 3.29. The molecule has 1 aromatic carbocycles. The van der Waals surface area contributed by atoms with E-state index in [0.717, 1.165) is 42.6 Å². The number of carbonyl (C=O) groups is 1. The lowest BCUT2D eigenvalue weighted by Gasteiger charge is -2.06. The van der Waals surface area contributed by atoms with Gasteiger partial charge in [0.05, 0.1) is 11.9 Å². The summed E-state index contributed by atoms with van der Waals surface area (Å²) in [5.74, 6) is 0.0185. The average Bonchev–Trinajstić information content (AvgIpc) is 2.85. The monoisotopic (exact) mass is 333 g/mol. The minimum atomic E-state index is -0.416. The molecule has 0 saturated carbocycles. The molecule has 0 fully saturated rings. The van der Waals surface area contributed by atoms with Crippen molar-refractivity contribution in [2.75, 3.05) is 0 Å². The highest BCUT2D eigenvalue weighted by atomic mass is 16.5. The zero-order valence-electron chi connectivity index (χ0n) is 13.9. The molecule has 126 valence electrons. The third-order valence-electron chi connectivity index (χ3n) is 4.47. The van der Waals surface area contributed by atoms with Gasteiger partial charge >= 0.3 is 5.97 Å². The van der Waals surface area contributed by atoms with Crippen LogP contribution in [0.15, 0.2) is 54.9 Å². The van der Waals surface area contributed by atoms with Gasteiger partial charge in [-0.2, -0.15) is 5.10 Å². The lowest BCUT2D eigenvalue weighted by atomic mass is 10.1. The second-order valence-electron chi connectivity index (χ2n) is 6.16. The summed E-state index contributed by atoms with van der Waals surface area (Å²) in [6.45, 7) is 0. The van der Waals surface area contributed by atoms with Crippen molar-refractivity contribution in [3.63, 3.8) is 0 Å². The van der Waals surface area contributed by atoms with Crippen LogP contribution in [0.25, 0.3) is 5.69 Å². The Kier molecular flexibility index (Phi) is 4.29. The van der Waals surface area contributed by atoms with Crippen LogP contribution >= 0.6 is 0 Å². The predicted octanol–water partition coefficient (Wildman–Crippen LogP) is 3.76. The van der Waals surface area contributed by atoms with Crippen molar-refractivity contribution in [2.24, 2.45) is 0 Å². The Morgan fingerprint density at radius 1 is 1.00 bits per heavy atom. The van der Waals surface area contributed by atoms with Crippen molar-refractivity contribution < 1.29 is 9.53 Å². The number of benzene rings is 1. The Morgan fingerprint density at radius 3 is 2.64 bits per heavy atom. The summed E-state index contributed by atoms with van der Waals surface area (Å²) in [4.78, 5) is 16.7. The molecule has 0 amide bonds. The second kappa shape index (κ2) is 6.89. The topological polar surface area (TPSA) is 57.0 Å². The number of pyridine rings is 1. The highest BCUT2D eigenvalue weighted by Gasteiger charge is 2.26. The molecular weight excluding hydrogens is 314 g/mol. The Bertz CT molecular complexity index is 873. The molecule has 0 atom stereocenters. The van der Waals surface area contributed by atoms with E-state index in [2.05, 4.69) is 10.1 Å². The van der Waals surface area contributed by atoms with Gasteiger partial charge in [-0.3, -0.25) is 4.98 Å². The van der Waals surface area contributed by atoms with Crippen LogP contribution in [0.1, 0.15) is 41.0 Å². The average molecular weight is 333 g/mol. The number of fused-ring (bicyclic) bond motifs is 1. The molecule has 0 saturated heterocycles. The summed E-state index contributed by atoms with van der Waals surface area (Å²) in [6.07, 6.45) is 8.32. The molecule has 3 aromatic rings. The molecule has 1 aliphatic rings. The van der Waals surface area contributed by atoms with Crippen LogP contribution in [0.3, 0.4) is 0 Å². The maximum absolute atomic E-state index is 12.7. The highest BCUT2D eigenvalue weighted by molar-refractivity contribution is 5.91. The molecule has 4 rings (SSSR count). The smallest absolute Gasteiger partial charge is 0.364 e. The summed E-state index contributed by atoms with van der Waals surface area (Å²) in [5, 5.41) is 4.62. The first-order valence-electron chi connectivity index (χ1n) is 8.61. The van der Waals surface area contributed by atoms with E-state index in [9.17, 15) is 4.79 Å². The van der Waals surface area contributed by atoms with Gasteiger partial charge in [-0.15, -0.1) is 0 Å². The normalized spacial score (nSPS) is 13.8. The second-order valence-corrected chi connectivity index (χ2v) is 6.16. The third kappa shape index (κ3) is 3.18. The largest absolute Gasteiger partial charge is 0.420 e. The first-order chi connectivity index (χ1) is 12.3. The Labute approximate surface area is 146 Å². The molecule has 0 bridgehead atoms. The van der Waals surface area contributed by atoms with E-state index in [-0.39, 0.29) is 0 Å². The maximum atomic E-state index is 12.7. The lowest BCUT2D eigenvalue weighted by Crippen LogP contribution is -2.12. The van der Waals surface area contributed by atoms with Crippen LogP contribution in [-0.2, 0) is 12.8 Å². The molecule has 0 N–H and O–H groups in total. The number of esters is 1. The number of para-hydroxylation sites is 1. The molecule has 5 nitrogen and oxygen atoms in total. The maximum Gasteiger partial charge on any atom is 0.364 e. The summed E-state index contributed by atoms with van der Waals surface area (Å²) >= 11 is 0. The molecule has 0 spiro atoms. The van der Waals surface area contributed by atoms with E-state index >= 15 is 0 Å². The molecule has 2 aromatic heterocycles. The summed E-state index contributed by atoms with van der Waals surface area (Å²) < 4.78 is 7.38. The van der Waals surface area contributed by atoms with Crippen molar-refractivity contribution >= 4 is 5.97 Å². The lowest BCUT2D eigenvalue weighted by molar-refractivity contribution is 0.0726. The van der Waals surface area contributed by atoms with Gasteiger partial charge in [0.15, 0.2) is 5.69 Å². The van der Waals surface area contributed by atoms with Gasteiger partial charge in [0.2, 0.25) is 0 Å². The van der Waals surface area contributed by atoms with E-state index in [1.165, 1.54) is 12.6 Å². The van der Waals surface area contributed by atoms with Gasteiger partial charge in [-0.05, 0) is 49.9 Å². The summed E-state index contributed by atoms with van der Waals surface area (Å²) in [7, 11) is 0. The molecule has 0 aliphatic heterocycles. The van der Waals surface area contributed by atoms with Crippen LogP contribution in [-0.4, -0.2) is 20.7 Å². The van der Waals surface area contributed by atoms with Gasteiger partial charge < -0.3 is 4.74 Å². The van der Waals surface area contributed by atoms with E-state index in [1.807, 2.05) is 35.0 Å². The zero-order chi connectivity index (χ0) is 17.1. The molecular formula is C20H19N3O2. The van der Waals surface area contributed by atoms with Gasteiger partial charge in [-0.25, -0.2) is 9.48 Å². The Morgan fingerprint density at radius 2 is 1.84 bits per heavy atom. The van der Waals surface area contributed by atoms with E-state index in [0.29, 0.717) is 11.4 Å². The predicted molar refractivity (Wildman–Crippen MR) is 94.0 cm³/mol. The number of nitrogens with zero attached hydrogens (tertiary/aromatic N) is 3. The van der Waals surface area contributed by atoms with Crippen molar-refractivity contribution in [2.45, 2.75) is 32.1 Å². The minimum Gasteiger partial charge on any atom is -0.420 e. The third-order valence-corrected chi connectivity index (χ3v) is 4.47. The van der Waals surface area contributed by atoms with Crippen molar-refractivity contribution in [1.29, 1.82) is 0 Å². The van der Waals surface area contributed by atoms with E-state index in [4.69, 9.17) is 4.74 Å². The molecule has 1 aliphatic carbocycles. The fourth-order valence-electron chi connectivity index (χ4n) is 3.29. The minimum absolute atomic E-state index is 0.416. The van der Waals surface area contributed by atoms with Crippen LogP contribution in [0.5, 0.6) is 5.75 Å². The first kappa shape index (κ1) is 15.6.